The van der Waals surface area contributed by atoms with Crippen LogP contribution < -0.4 is 14.9 Å². The minimum absolute atomic E-state index is 0.0938. The molecule has 2 amide bonds. The number of hydrogen-bond acceptors (Lipinski definition) is 6. The number of likely N-dealkylation sites (N-methyl/N-ethyl adjacent to an activating group) is 1. The van der Waals surface area contributed by atoms with E-state index in [9.17, 15) is 22.4 Å². The molecule has 2 N–H and O–H groups in total. The summed E-state index contributed by atoms with van der Waals surface area (Å²) in [6.07, 6.45) is -0.127. The number of carbonyl (C=O) groups excluding carboxylic acids is 2. The molecule has 0 radical (unpaired) electrons. The van der Waals surface area contributed by atoms with Crippen molar-refractivity contribution in [1.29, 1.82) is 0 Å². The first-order valence-electron chi connectivity index (χ1n) is 10.5. The van der Waals surface area contributed by atoms with Gasteiger partial charge in [0.05, 0.1) is 24.7 Å². The van der Waals surface area contributed by atoms with Crippen molar-refractivity contribution < 1.29 is 27.1 Å². The summed E-state index contributed by atoms with van der Waals surface area (Å²) in [6, 6.07) is 11.8. The predicted octanol–water partition coefficient (Wildman–Crippen LogP) is 1.43. The van der Waals surface area contributed by atoms with Crippen LogP contribution in [0.4, 0.5) is 15.8 Å². The van der Waals surface area contributed by atoms with Crippen molar-refractivity contribution in [3.63, 3.8) is 0 Å². The molecular formula is C22H27FN4O5S. The SMILES string of the molecule is CN(CC(=O)Nc1ccc(N2CCOCC2)cc1)C(=O)CCNS(=O)(=O)c1ccc(F)cc1. The van der Waals surface area contributed by atoms with Gasteiger partial charge in [-0.25, -0.2) is 17.5 Å². The number of halogens is 1. The van der Waals surface area contributed by atoms with Gasteiger partial charge in [0, 0.05) is 44.5 Å². The average Bonchev–Trinajstić information content (AvgIpc) is 2.80. The molecule has 178 valence electrons. The molecule has 2 aromatic rings. The Kier molecular flexibility index (Phi) is 8.37. The van der Waals surface area contributed by atoms with Crippen molar-refractivity contribution in [2.45, 2.75) is 11.3 Å². The lowest BCUT2D eigenvalue weighted by molar-refractivity contribution is -0.133. The van der Waals surface area contributed by atoms with Gasteiger partial charge in [0.15, 0.2) is 0 Å². The summed E-state index contributed by atoms with van der Waals surface area (Å²) in [4.78, 5) is 27.9. The fraction of sp³-hybridized carbons (Fsp3) is 0.364. The van der Waals surface area contributed by atoms with Crippen molar-refractivity contribution in [2.24, 2.45) is 0 Å². The Bertz CT molecular complexity index is 1060. The lowest BCUT2D eigenvalue weighted by Gasteiger charge is -2.28. The fourth-order valence-corrected chi connectivity index (χ4v) is 4.29. The summed E-state index contributed by atoms with van der Waals surface area (Å²) < 4.78 is 44.9. The second-order valence-corrected chi connectivity index (χ2v) is 9.31. The molecule has 1 aliphatic heterocycles. The van der Waals surface area contributed by atoms with E-state index in [0.29, 0.717) is 18.9 Å². The summed E-state index contributed by atoms with van der Waals surface area (Å²) in [5.74, 6) is -1.30. The van der Waals surface area contributed by atoms with Crippen LogP contribution in [0.2, 0.25) is 0 Å². The first-order chi connectivity index (χ1) is 15.7. The lowest BCUT2D eigenvalue weighted by Crippen LogP contribution is -2.37. The molecule has 0 saturated carbocycles. The highest BCUT2D eigenvalue weighted by Gasteiger charge is 2.17. The zero-order valence-electron chi connectivity index (χ0n) is 18.3. The van der Waals surface area contributed by atoms with E-state index in [2.05, 4.69) is 14.9 Å². The monoisotopic (exact) mass is 478 g/mol. The number of anilines is 2. The molecule has 3 rings (SSSR count). The van der Waals surface area contributed by atoms with Crippen molar-refractivity contribution in [1.82, 2.24) is 9.62 Å². The van der Waals surface area contributed by atoms with Crippen LogP contribution >= 0.6 is 0 Å². The Morgan fingerprint density at radius 2 is 1.70 bits per heavy atom. The molecule has 0 aliphatic carbocycles. The van der Waals surface area contributed by atoms with E-state index in [4.69, 9.17) is 4.74 Å². The van der Waals surface area contributed by atoms with Crippen molar-refractivity contribution >= 4 is 33.2 Å². The van der Waals surface area contributed by atoms with Gasteiger partial charge >= 0.3 is 0 Å². The van der Waals surface area contributed by atoms with E-state index in [-0.39, 0.29) is 30.3 Å². The van der Waals surface area contributed by atoms with Crippen LogP contribution in [0.25, 0.3) is 0 Å². The first-order valence-corrected chi connectivity index (χ1v) is 11.9. The Morgan fingerprint density at radius 3 is 2.33 bits per heavy atom. The van der Waals surface area contributed by atoms with Gasteiger partial charge in [-0.15, -0.1) is 0 Å². The van der Waals surface area contributed by atoms with Gasteiger partial charge < -0.3 is 19.9 Å². The van der Waals surface area contributed by atoms with Gasteiger partial charge in [-0.05, 0) is 48.5 Å². The van der Waals surface area contributed by atoms with Crippen LogP contribution in [-0.4, -0.2) is 71.6 Å². The zero-order valence-corrected chi connectivity index (χ0v) is 19.1. The molecule has 0 unspecified atom stereocenters. The number of carbonyl (C=O) groups is 2. The van der Waals surface area contributed by atoms with Gasteiger partial charge in [0.1, 0.15) is 5.82 Å². The maximum Gasteiger partial charge on any atom is 0.243 e. The van der Waals surface area contributed by atoms with Crippen LogP contribution in [-0.2, 0) is 24.3 Å². The minimum Gasteiger partial charge on any atom is -0.378 e. The highest BCUT2D eigenvalue weighted by Crippen LogP contribution is 2.19. The molecule has 2 aromatic carbocycles. The molecule has 1 aliphatic rings. The largest absolute Gasteiger partial charge is 0.378 e. The van der Waals surface area contributed by atoms with E-state index in [1.165, 1.54) is 11.9 Å². The van der Waals surface area contributed by atoms with Gasteiger partial charge in [-0.1, -0.05) is 0 Å². The normalized spacial score (nSPS) is 14.1. The Hall–Kier alpha value is -3.02. The quantitative estimate of drug-likeness (QED) is 0.565. The fourth-order valence-electron chi connectivity index (χ4n) is 3.26. The van der Waals surface area contributed by atoms with Crippen LogP contribution in [0.3, 0.4) is 0 Å². The van der Waals surface area contributed by atoms with Crippen LogP contribution in [0, 0.1) is 5.82 Å². The molecular weight excluding hydrogens is 451 g/mol. The molecule has 11 heteroatoms. The van der Waals surface area contributed by atoms with E-state index in [0.717, 1.165) is 43.0 Å². The molecule has 1 fully saturated rings. The van der Waals surface area contributed by atoms with E-state index >= 15 is 0 Å². The van der Waals surface area contributed by atoms with Gasteiger partial charge in [0.2, 0.25) is 21.8 Å². The van der Waals surface area contributed by atoms with Gasteiger partial charge in [-0.3, -0.25) is 9.59 Å². The molecule has 1 saturated heterocycles. The van der Waals surface area contributed by atoms with Crippen LogP contribution in [0.5, 0.6) is 0 Å². The average molecular weight is 479 g/mol. The summed E-state index contributed by atoms with van der Waals surface area (Å²) in [6.45, 7) is 2.69. The standard InChI is InChI=1S/C22H27FN4O5S/c1-26(22(29)10-11-24-33(30,31)20-8-2-17(23)3-9-20)16-21(28)25-18-4-6-19(7-5-18)27-12-14-32-15-13-27/h2-9,24H,10-16H2,1H3,(H,25,28). The number of hydrogen-bond donors (Lipinski definition) is 2. The van der Waals surface area contributed by atoms with Crippen molar-refractivity contribution in [3.8, 4) is 0 Å². The number of ether oxygens (including phenoxy) is 1. The number of rotatable bonds is 9. The number of nitrogens with one attached hydrogen (secondary N) is 2. The molecule has 9 nitrogen and oxygen atoms in total. The molecule has 0 bridgehead atoms. The Morgan fingerprint density at radius 1 is 1.06 bits per heavy atom. The maximum atomic E-state index is 13.0. The number of sulfonamides is 1. The molecule has 1 heterocycles. The third kappa shape index (κ3) is 7.24. The number of nitrogens with zero attached hydrogens (tertiary/aromatic N) is 2. The Labute approximate surface area is 192 Å². The summed E-state index contributed by atoms with van der Waals surface area (Å²) in [7, 11) is -2.38. The van der Waals surface area contributed by atoms with Gasteiger partial charge in [-0.2, -0.15) is 0 Å². The first kappa shape index (κ1) is 24.6. The molecule has 0 spiro atoms. The van der Waals surface area contributed by atoms with Crippen LogP contribution in [0.15, 0.2) is 53.4 Å². The second-order valence-electron chi connectivity index (χ2n) is 7.55. The van der Waals surface area contributed by atoms with Gasteiger partial charge in [0.25, 0.3) is 0 Å². The predicted molar refractivity (Wildman–Crippen MR) is 122 cm³/mol. The highest BCUT2D eigenvalue weighted by molar-refractivity contribution is 7.89. The summed E-state index contributed by atoms with van der Waals surface area (Å²) >= 11 is 0. The number of amides is 2. The summed E-state index contributed by atoms with van der Waals surface area (Å²) in [5, 5.41) is 2.75. The number of morpholine rings is 1. The molecule has 33 heavy (non-hydrogen) atoms. The highest BCUT2D eigenvalue weighted by atomic mass is 32.2. The molecule has 0 atom stereocenters. The minimum atomic E-state index is -3.85. The smallest absolute Gasteiger partial charge is 0.243 e. The number of benzene rings is 2. The molecule has 0 aromatic heterocycles. The van der Waals surface area contributed by atoms with Crippen LogP contribution in [0.1, 0.15) is 6.42 Å². The Balaban J connectivity index is 1.42. The van der Waals surface area contributed by atoms with Crippen molar-refractivity contribution in [2.75, 3.05) is 56.7 Å². The third-order valence-corrected chi connectivity index (χ3v) is 6.57. The zero-order chi connectivity index (χ0) is 23.8. The van der Waals surface area contributed by atoms with E-state index in [1.54, 1.807) is 12.1 Å². The maximum absolute atomic E-state index is 13.0. The summed E-state index contributed by atoms with van der Waals surface area (Å²) in [5.41, 5.74) is 1.66. The van der Waals surface area contributed by atoms with E-state index < -0.39 is 21.7 Å². The van der Waals surface area contributed by atoms with E-state index in [1.807, 2.05) is 12.1 Å². The third-order valence-electron chi connectivity index (χ3n) is 5.09. The lowest BCUT2D eigenvalue weighted by atomic mass is 10.2. The second kappa shape index (κ2) is 11.2. The topological polar surface area (TPSA) is 108 Å². The van der Waals surface area contributed by atoms with Crippen molar-refractivity contribution in [3.05, 3.63) is 54.3 Å².